The van der Waals surface area contributed by atoms with Crippen LogP contribution in [0.15, 0.2) is 33.5 Å². The molecule has 5 rings (SSSR count). The summed E-state index contributed by atoms with van der Waals surface area (Å²) in [5.41, 5.74) is 0.769. The molecule has 0 fully saturated rings. The Morgan fingerprint density at radius 2 is 1.65 bits per heavy atom. The number of fused-ring (bicyclic) bond motifs is 6. The van der Waals surface area contributed by atoms with E-state index in [0.717, 1.165) is 0 Å². The van der Waals surface area contributed by atoms with E-state index in [4.69, 9.17) is 23.4 Å². The number of rotatable bonds is 2. The van der Waals surface area contributed by atoms with E-state index in [1.807, 2.05) is 0 Å². The van der Waals surface area contributed by atoms with E-state index >= 15 is 0 Å². The van der Waals surface area contributed by atoms with Crippen molar-refractivity contribution in [3.63, 3.8) is 0 Å². The molecule has 3 heterocycles. The van der Waals surface area contributed by atoms with Crippen molar-refractivity contribution in [1.82, 2.24) is 10.2 Å². The highest BCUT2D eigenvalue weighted by Crippen LogP contribution is 2.39. The molecular formula is C18H12N2O6. The Balaban J connectivity index is 1.95. The molecule has 0 radical (unpaired) electrons. The van der Waals surface area contributed by atoms with Crippen LogP contribution in [0.5, 0.6) is 23.0 Å². The van der Waals surface area contributed by atoms with Crippen molar-refractivity contribution in [2.75, 3.05) is 21.0 Å². The lowest BCUT2D eigenvalue weighted by Crippen LogP contribution is -2.04. The van der Waals surface area contributed by atoms with E-state index in [0.29, 0.717) is 55.8 Å². The quantitative estimate of drug-likeness (QED) is 0.401. The summed E-state index contributed by atoms with van der Waals surface area (Å²) in [5, 5.41) is 10.0. The third kappa shape index (κ3) is 1.92. The van der Waals surface area contributed by atoms with E-state index in [-0.39, 0.29) is 6.79 Å². The first-order valence-corrected chi connectivity index (χ1v) is 7.78. The molecule has 2 aromatic heterocycles. The van der Waals surface area contributed by atoms with E-state index in [1.54, 1.807) is 24.3 Å². The molecule has 0 N–H and O–H groups in total. The second-order valence-corrected chi connectivity index (χ2v) is 5.74. The lowest BCUT2D eigenvalue weighted by atomic mass is 10.1. The molecule has 0 aliphatic carbocycles. The predicted molar refractivity (Wildman–Crippen MR) is 92.3 cm³/mol. The maximum atomic E-state index is 12.7. The van der Waals surface area contributed by atoms with Gasteiger partial charge in [0.25, 0.3) is 0 Å². The molecule has 0 saturated heterocycles. The maximum Gasteiger partial charge on any atom is 0.346 e. The van der Waals surface area contributed by atoms with Gasteiger partial charge >= 0.3 is 5.63 Å². The lowest BCUT2D eigenvalue weighted by molar-refractivity contribution is 0.174. The van der Waals surface area contributed by atoms with Gasteiger partial charge in [-0.25, -0.2) is 4.79 Å². The summed E-state index contributed by atoms with van der Waals surface area (Å²) in [4.78, 5) is 12.7. The minimum Gasteiger partial charge on any atom is -0.493 e. The monoisotopic (exact) mass is 352 g/mol. The van der Waals surface area contributed by atoms with Gasteiger partial charge in [0.2, 0.25) is 6.79 Å². The van der Waals surface area contributed by atoms with Gasteiger partial charge in [-0.2, -0.15) is 0 Å². The van der Waals surface area contributed by atoms with Crippen LogP contribution in [-0.2, 0) is 0 Å². The van der Waals surface area contributed by atoms with Gasteiger partial charge in [-0.3, -0.25) is 0 Å². The van der Waals surface area contributed by atoms with Crippen LogP contribution in [0, 0.1) is 0 Å². The van der Waals surface area contributed by atoms with E-state index < -0.39 is 5.63 Å². The highest BCUT2D eigenvalue weighted by Gasteiger charge is 2.20. The third-order valence-electron chi connectivity index (χ3n) is 4.40. The molecule has 0 bridgehead atoms. The molecule has 4 aromatic rings. The smallest absolute Gasteiger partial charge is 0.346 e. The topological polar surface area (TPSA) is 92.9 Å². The lowest BCUT2D eigenvalue weighted by Gasteiger charge is -2.10. The Morgan fingerprint density at radius 1 is 0.923 bits per heavy atom. The molecular weight excluding hydrogens is 340 g/mol. The summed E-state index contributed by atoms with van der Waals surface area (Å²) >= 11 is 0. The number of nitrogens with zero attached hydrogens (tertiary/aromatic N) is 2. The first kappa shape index (κ1) is 14.8. The van der Waals surface area contributed by atoms with Crippen LogP contribution in [0.25, 0.3) is 32.8 Å². The highest BCUT2D eigenvalue weighted by atomic mass is 16.7. The second-order valence-electron chi connectivity index (χ2n) is 5.74. The van der Waals surface area contributed by atoms with E-state index in [9.17, 15) is 4.79 Å². The average molecular weight is 352 g/mol. The van der Waals surface area contributed by atoms with Crippen molar-refractivity contribution < 1.29 is 23.4 Å². The van der Waals surface area contributed by atoms with Crippen LogP contribution in [-0.4, -0.2) is 31.2 Å². The maximum absolute atomic E-state index is 12.7. The van der Waals surface area contributed by atoms with Crippen molar-refractivity contribution in [2.24, 2.45) is 0 Å². The summed E-state index contributed by atoms with van der Waals surface area (Å²) in [6.07, 6.45) is 0. The summed E-state index contributed by atoms with van der Waals surface area (Å²) in [5.74, 6) is 2.09. The summed E-state index contributed by atoms with van der Waals surface area (Å²) in [6.45, 7) is 0.131. The van der Waals surface area contributed by atoms with Gasteiger partial charge in [0.05, 0.1) is 25.1 Å². The van der Waals surface area contributed by atoms with Gasteiger partial charge in [-0.15, -0.1) is 10.2 Å². The SMILES string of the molecule is COc1cc2oc(=O)c3c4cc5c(cc4nnc3c2cc1OC)OCO5. The van der Waals surface area contributed by atoms with Crippen LogP contribution in [0.4, 0.5) is 0 Å². The zero-order valence-corrected chi connectivity index (χ0v) is 13.9. The predicted octanol–water partition coefficient (Wildman–Crippen LogP) is 2.64. The fourth-order valence-corrected chi connectivity index (χ4v) is 3.17. The molecule has 130 valence electrons. The third-order valence-corrected chi connectivity index (χ3v) is 4.40. The molecule has 0 amide bonds. The van der Waals surface area contributed by atoms with Crippen molar-refractivity contribution >= 4 is 32.8 Å². The van der Waals surface area contributed by atoms with Crippen LogP contribution in [0.2, 0.25) is 0 Å². The minimum absolute atomic E-state index is 0.131. The molecule has 8 heteroatoms. The largest absolute Gasteiger partial charge is 0.493 e. The zero-order valence-electron chi connectivity index (χ0n) is 13.9. The normalized spacial score (nSPS) is 12.8. The van der Waals surface area contributed by atoms with Gasteiger partial charge in [0.1, 0.15) is 11.1 Å². The van der Waals surface area contributed by atoms with Crippen molar-refractivity contribution in [1.29, 1.82) is 0 Å². The molecule has 1 aliphatic rings. The van der Waals surface area contributed by atoms with Crippen molar-refractivity contribution in [3.8, 4) is 23.0 Å². The minimum atomic E-state index is -0.515. The zero-order chi connectivity index (χ0) is 17.8. The standard InChI is InChI=1S/C18H12N2O6/c1-22-12-4-9-11(6-13(12)23-2)26-18(21)16-8-3-14-15(25-7-24-14)5-10(8)19-20-17(9)16/h3-6H,7H2,1-2H3. The molecule has 8 nitrogen and oxygen atoms in total. The fourth-order valence-electron chi connectivity index (χ4n) is 3.17. The molecule has 0 atom stereocenters. The number of methoxy groups -OCH3 is 2. The first-order valence-electron chi connectivity index (χ1n) is 7.78. The van der Waals surface area contributed by atoms with Crippen LogP contribution in [0.3, 0.4) is 0 Å². The summed E-state index contributed by atoms with van der Waals surface area (Å²) in [7, 11) is 3.05. The van der Waals surface area contributed by atoms with Gasteiger partial charge in [0, 0.05) is 22.9 Å². The highest BCUT2D eigenvalue weighted by molar-refractivity contribution is 6.12. The average Bonchev–Trinajstić information content (AvgIpc) is 3.12. The van der Waals surface area contributed by atoms with Gasteiger partial charge in [0.15, 0.2) is 23.0 Å². The summed E-state index contributed by atoms with van der Waals surface area (Å²) in [6, 6.07) is 6.73. The second kappa shape index (κ2) is 5.22. The number of hydrogen-bond acceptors (Lipinski definition) is 8. The molecule has 0 unspecified atom stereocenters. The molecule has 1 aliphatic heterocycles. The van der Waals surface area contributed by atoms with Crippen LogP contribution < -0.4 is 24.6 Å². The Kier molecular flexibility index (Phi) is 2.96. The Hall–Kier alpha value is -3.55. The number of hydrogen-bond donors (Lipinski definition) is 0. The van der Waals surface area contributed by atoms with Gasteiger partial charge in [-0.05, 0) is 12.1 Å². The molecule has 0 saturated carbocycles. The van der Waals surface area contributed by atoms with Gasteiger partial charge in [-0.1, -0.05) is 0 Å². The summed E-state index contributed by atoms with van der Waals surface area (Å²) < 4.78 is 26.9. The number of benzene rings is 2. The Bertz CT molecular complexity index is 1260. The number of ether oxygens (including phenoxy) is 4. The molecule has 2 aromatic carbocycles. The van der Waals surface area contributed by atoms with Crippen molar-refractivity contribution in [2.45, 2.75) is 0 Å². The molecule has 0 spiro atoms. The Labute approximate surface area is 145 Å². The van der Waals surface area contributed by atoms with E-state index in [1.165, 1.54) is 14.2 Å². The first-order chi connectivity index (χ1) is 12.7. The molecule has 26 heavy (non-hydrogen) atoms. The Morgan fingerprint density at radius 3 is 2.42 bits per heavy atom. The van der Waals surface area contributed by atoms with Crippen LogP contribution >= 0.6 is 0 Å². The van der Waals surface area contributed by atoms with Crippen molar-refractivity contribution in [3.05, 3.63) is 34.7 Å². The van der Waals surface area contributed by atoms with Gasteiger partial charge < -0.3 is 23.4 Å². The fraction of sp³-hybridized carbons (Fsp3) is 0.167. The van der Waals surface area contributed by atoms with E-state index in [2.05, 4.69) is 10.2 Å². The van der Waals surface area contributed by atoms with Crippen LogP contribution in [0.1, 0.15) is 0 Å². The number of aromatic nitrogens is 2.